The smallest absolute Gasteiger partial charge is 0.266 e. The quantitative estimate of drug-likeness (QED) is 0.590. The maximum absolute atomic E-state index is 14.6. The normalized spacial score (nSPS) is 15.6. The molecule has 0 aliphatic carbocycles. The van der Waals surface area contributed by atoms with Crippen LogP contribution >= 0.6 is 0 Å². The second-order valence-corrected chi connectivity index (χ2v) is 7.69. The van der Waals surface area contributed by atoms with Crippen LogP contribution in [0.25, 0.3) is 10.9 Å². The molecule has 1 fully saturated rings. The Labute approximate surface area is 173 Å². The number of hydrogen-bond acceptors (Lipinski definition) is 5. The summed E-state index contributed by atoms with van der Waals surface area (Å²) in [5.41, 5.74) is 1.97. The SMILES string of the molecule is Cc1nnc(N[C@H](C)c2cccc(C(F)F)c2F)c2cc(N3CCCCC3)cnc12. The third-order valence-electron chi connectivity index (χ3n) is 5.61. The fourth-order valence-corrected chi connectivity index (χ4v) is 3.93. The number of nitrogens with one attached hydrogen (secondary N) is 1. The second kappa shape index (κ2) is 8.45. The molecule has 0 amide bonds. The van der Waals surface area contributed by atoms with E-state index in [1.54, 1.807) is 6.92 Å². The molecule has 1 N–H and O–H groups in total. The van der Waals surface area contributed by atoms with E-state index < -0.39 is 23.8 Å². The predicted molar refractivity (Wildman–Crippen MR) is 112 cm³/mol. The number of aryl methyl sites for hydroxylation is 1. The Morgan fingerprint density at radius 3 is 2.53 bits per heavy atom. The molecule has 1 atom stereocenters. The van der Waals surface area contributed by atoms with Gasteiger partial charge in [0.2, 0.25) is 0 Å². The van der Waals surface area contributed by atoms with Crippen molar-refractivity contribution in [2.24, 2.45) is 0 Å². The molecule has 0 saturated carbocycles. The average Bonchev–Trinajstić information content (AvgIpc) is 2.76. The molecule has 8 heteroatoms. The molecule has 0 unspecified atom stereocenters. The van der Waals surface area contributed by atoms with Crippen LogP contribution in [0.5, 0.6) is 0 Å². The topological polar surface area (TPSA) is 53.9 Å². The van der Waals surface area contributed by atoms with Crippen molar-refractivity contribution in [1.29, 1.82) is 0 Å². The maximum Gasteiger partial charge on any atom is 0.266 e. The number of aromatic nitrogens is 3. The molecule has 0 spiro atoms. The summed E-state index contributed by atoms with van der Waals surface area (Å²) < 4.78 is 40.7. The Bertz CT molecular complexity index is 1050. The largest absolute Gasteiger partial charge is 0.370 e. The molecule has 158 valence electrons. The molecule has 30 heavy (non-hydrogen) atoms. The number of anilines is 2. The van der Waals surface area contributed by atoms with Crippen LogP contribution in [-0.2, 0) is 0 Å². The Morgan fingerprint density at radius 2 is 1.80 bits per heavy atom. The van der Waals surface area contributed by atoms with Crippen LogP contribution in [0.3, 0.4) is 0 Å². The number of fused-ring (bicyclic) bond motifs is 1. The van der Waals surface area contributed by atoms with E-state index in [1.165, 1.54) is 18.6 Å². The van der Waals surface area contributed by atoms with Gasteiger partial charge in [0, 0.05) is 24.0 Å². The Hall–Kier alpha value is -2.90. The first-order valence-corrected chi connectivity index (χ1v) is 10.2. The van der Waals surface area contributed by atoms with Crippen LogP contribution in [0.2, 0.25) is 0 Å². The first kappa shape index (κ1) is 20.4. The number of nitrogens with zero attached hydrogens (tertiary/aromatic N) is 4. The van der Waals surface area contributed by atoms with E-state index in [-0.39, 0.29) is 5.56 Å². The summed E-state index contributed by atoms with van der Waals surface area (Å²) in [6.45, 7) is 5.51. The van der Waals surface area contributed by atoms with Gasteiger partial charge in [-0.15, -0.1) is 5.10 Å². The van der Waals surface area contributed by atoms with Crippen molar-refractivity contribution in [3.63, 3.8) is 0 Å². The highest BCUT2D eigenvalue weighted by atomic mass is 19.3. The first-order chi connectivity index (χ1) is 14.5. The lowest BCUT2D eigenvalue weighted by Gasteiger charge is -2.28. The van der Waals surface area contributed by atoms with Crippen LogP contribution in [0.15, 0.2) is 30.5 Å². The van der Waals surface area contributed by atoms with Crippen LogP contribution in [0.4, 0.5) is 24.7 Å². The lowest BCUT2D eigenvalue weighted by atomic mass is 10.0. The summed E-state index contributed by atoms with van der Waals surface area (Å²) in [7, 11) is 0. The lowest BCUT2D eigenvalue weighted by molar-refractivity contribution is 0.146. The minimum atomic E-state index is -2.87. The number of halogens is 3. The molecule has 3 heterocycles. The molecular weight excluding hydrogens is 391 g/mol. The average molecular weight is 415 g/mol. The zero-order chi connectivity index (χ0) is 21.3. The summed E-state index contributed by atoms with van der Waals surface area (Å²) in [4.78, 5) is 6.89. The molecule has 0 radical (unpaired) electrons. The molecule has 1 aliphatic rings. The Balaban J connectivity index is 1.70. The van der Waals surface area contributed by atoms with Crippen molar-refractivity contribution in [1.82, 2.24) is 15.2 Å². The zero-order valence-electron chi connectivity index (χ0n) is 17.0. The summed E-state index contributed by atoms with van der Waals surface area (Å²) in [6.07, 6.45) is 2.51. The number of benzene rings is 1. The van der Waals surface area contributed by atoms with Crippen molar-refractivity contribution < 1.29 is 13.2 Å². The van der Waals surface area contributed by atoms with Crippen molar-refractivity contribution in [3.8, 4) is 0 Å². The maximum atomic E-state index is 14.6. The Kier molecular flexibility index (Phi) is 5.74. The summed E-state index contributed by atoms with van der Waals surface area (Å²) in [5, 5.41) is 12.3. The number of piperidine rings is 1. The van der Waals surface area contributed by atoms with Crippen LogP contribution < -0.4 is 10.2 Å². The molecule has 1 saturated heterocycles. The van der Waals surface area contributed by atoms with Gasteiger partial charge in [0.1, 0.15) is 5.82 Å². The molecule has 3 aromatic rings. The van der Waals surface area contributed by atoms with Crippen LogP contribution in [0.1, 0.15) is 55.5 Å². The van der Waals surface area contributed by atoms with Gasteiger partial charge < -0.3 is 10.2 Å². The van der Waals surface area contributed by atoms with Gasteiger partial charge in [0.25, 0.3) is 6.43 Å². The number of rotatable bonds is 5. The van der Waals surface area contributed by atoms with Gasteiger partial charge in [-0.3, -0.25) is 4.98 Å². The highest BCUT2D eigenvalue weighted by Gasteiger charge is 2.21. The van der Waals surface area contributed by atoms with Gasteiger partial charge in [-0.2, -0.15) is 5.10 Å². The highest BCUT2D eigenvalue weighted by Crippen LogP contribution is 2.32. The van der Waals surface area contributed by atoms with E-state index >= 15 is 0 Å². The third-order valence-corrected chi connectivity index (χ3v) is 5.61. The van der Waals surface area contributed by atoms with Gasteiger partial charge in [0.05, 0.1) is 34.7 Å². The van der Waals surface area contributed by atoms with Gasteiger partial charge in [0.15, 0.2) is 5.82 Å². The summed E-state index contributed by atoms with van der Waals surface area (Å²) in [6, 6.07) is 5.48. The molecule has 4 rings (SSSR count). The fourth-order valence-electron chi connectivity index (χ4n) is 3.93. The minimum Gasteiger partial charge on any atom is -0.370 e. The second-order valence-electron chi connectivity index (χ2n) is 7.69. The van der Waals surface area contributed by atoms with Gasteiger partial charge >= 0.3 is 0 Å². The van der Waals surface area contributed by atoms with E-state index in [0.29, 0.717) is 17.0 Å². The number of alkyl halides is 2. The standard InChI is InChI=1S/C22H24F3N5/c1-13(16-7-6-8-17(19(16)23)21(24)25)27-22-18-11-15(30-9-4-3-5-10-30)12-26-20(18)14(2)28-29-22/h6-8,11-13,21H,3-5,9-10H2,1-2H3,(H,27,29)/t13-/m1/s1. The zero-order valence-corrected chi connectivity index (χ0v) is 17.0. The van der Waals surface area contributed by atoms with Crippen molar-refractivity contribution in [2.45, 2.75) is 45.6 Å². The minimum absolute atomic E-state index is 0.156. The van der Waals surface area contributed by atoms with Crippen molar-refractivity contribution >= 4 is 22.4 Å². The Morgan fingerprint density at radius 1 is 1.07 bits per heavy atom. The molecule has 0 bridgehead atoms. The molecule has 1 aliphatic heterocycles. The van der Waals surface area contributed by atoms with Gasteiger partial charge in [-0.05, 0) is 39.2 Å². The highest BCUT2D eigenvalue weighted by molar-refractivity contribution is 5.92. The van der Waals surface area contributed by atoms with E-state index in [2.05, 4.69) is 25.4 Å². The van der Waals surface area contributed by atoms with E-state index in [9.17, 15) is 13.2 Å². The van der Waals surface area contributed by atoms with E-state index in [1.807, 2.05) is 19.2 Å². The monoisotopic (exact) mass is 415 g/mol. The predicted octanol–water partition coefficient (Wildman–Crippen LogP) is 5.57. The van der Waals surface area contributed by atoms with Gasteiger partial charge in [-0.1, -0.05) is 18.2 Å². The molecular formula is C22H24F3N5. The molecule has 5 nitrogen and oxygen atoms in total. The lowest BCUT2D eigenvalue weighted by Crippen LogP contribution is -2.29. The number of hydrogen-bond donors (Lipinski definition) is 1. The summed E-state index contributed by atoms with van der Waals surface area (Å²) >= 11 is 0. The third kappa shape index (κ3) is 3.91. The van der Waals surface area contributed by atoms with Crippen LogP contribution in [0, 0.1) is 12.7 Å². The van der Waals surface area contributed by atoms with Crippen molar-refractivity contribution in [3.05, 3.63) is 53.1 Å². The first-order valence-electron chi connectivity index (χ1n) is 10.2. The van der Waals surface area contributed by atoms with E-state index in [0.717, 1.165) is 43.1 Å². The van der Waals surface area contributed by atoms with Crippen molar-refractivity contribution in [2.75, 3.05) is 23.3 Å². The fraction of sp³-hybridized carbons (Fsp3) is 0.409. The molecule has 2 aromatic heterocycles. The summed E-state index contributed by atoms with van der Waals surface area (Å²) in [5.74, 6) is -0.444. The van der Waals surface area contributed by atoms with Gasteiger partial charge in [-0.25, -0.2) is 13.2 Å². The van der Waals surface area contributed by atoms with E-state index in [4.69, 9.17) is 0 Å². The molecule has 1 aromatic carbocycles. The number of pyridine rings is 1. The van der Waals surface area contributed by atoms with Crippen LogP contribution in [-0.4, -0.2) is 28.3 Å².